The summed E-state index contributed by atoms with van der Waals surface area (Å²) in [6.45, 7) is 3.18. The molecule has 0 radical (unpaired) electrons. The number of hydrogen-bond donors (Lipinski definition) is 3. The fourth-order valence-corrected chi connectivity index (χ4v) is 2.32. The quantitative estimate of drug-likeness (QED) is 0.549. The van der Waals surface area contributed by atoms with E-state index in [4.69, 9.17) is 5.84 Å². The van der Waals surface area contributed by atoms with E-state index in [1.807, 2.05) is 0 Å². The summed E-state index contributed by atoms with van der Waals surface area (Å²) in [4.78, 5) is 18.6. The predicted molar refractivity (Wildman–Crippen MR) is 74.6 cm³/mol. The molecule has 2 heterocycles. The summed E-state index contributed by atoms with van der Waals surface area (Å²) >= 11 is 0. The number of nitrogens with two attached hydrogens (primary N) is 1. The molecule has 104 valence electrons. The van der Waals surface area contributed by atoms with Crippen LogP contribution in [-0.2, 0) is 0 Å². The Balaban J connectivity index is 1.97. The number of nitrogens with zero attached hydrogens (tertiary/aromatic N) is 2. The van der Waals surface area contributed by atoms with E-state index in [2.05, 4.69) is 34.6 Å². The Morgan fingerprint density at radius 1 is 1.53 bits per heavy atom. The molecule has 0 bridgehead atoms. The summed E-state index contributed by atoms with van der Waals surface area (Å²) in [7, 11) is 2.11. The Labute approximate surface area is 113 Å². The van der Waals surface area contributed by atoms with Gasteiger partial charge < -0.3 is 15.6 Å². The van der Waals surface area contributed by atoms with Crippen LogP contribution in [0.3, 0.4) is 0 Å². The number of rotatable bonds is 3. The van der Waals surface area contributed by atoms with Gasteiger partial charge in [0.15, 0.2) is 0 Å². The monoisotopic (exact) mass is 263 g/mol. The minimum Gasteiger partial charge on any atom is -0.348 e. The van der Waals surface area contributed by atoms with Crippen molar-refractivity contribution in [2.75, 3.05) is 19.0 Å². The molecule has 6 nitrogen and oxygen atoms in total. The standard InChI is InChI=1S/C13H21N5O/c1-9-8-10(6-7-18(9)2)15-13(19)11-4-3-5-12(16-11)17-14/h3-5,9-10H,6-8,14H2,1-2H3,(H,15,19)(H,16,17). The van der Waals surface area contributed by atoms with E-state index in [9.17, 15) is 4.79 Å². The highest BCUT2D eigenvalue weighted by Gasteiger charge is 2.24. The summed E-state index contributed by atoms with van der Waals surface area (Å²) in [6, 6.07) is 5.87. The van der Waals surface area contributed by atoms with E-state index in [1.165, 1.54) is 0 Å². The van der Waals surface area contributed by atoms with Gasteiger partial charge in [-0.1, -0.05) is 6.07 Å². The van der Waals surface area contributed by atoms with Crippen LogP contribution in [0.2, 0.25) is 0 Å². The third kappa shape index (κ3) is 3.42. The lowest BCUT2D eigenvalue weighted by Gasteiger charge is -2.35. The molecule has 1 aliphatic rings. The van der Waals surface area contributed by atoms with Gasteiger partial charge in [-0.2, -0.15) is 0 Å². The van der Waals surface area contributed by atoms with E-state index in [1.54, 1.807) is 18.2 Å². The molecule has 1 saturated heterocycles. The molecule has 2 rings (SSSR count). The van der Waals surface area contributed by atoms with Gasteiger partial charge in [0.2, 0.25) is 0 Å². The van der Waals surface area contributed by atoms with Gasteiger partial charge in [-0.15, -0.1) is 0 Å². The molecule has 6 heteroatoms. The van der Waals surface area contributed by atoms with Crippen LogP contribution in [0.4, 0.5) is 5.82 Å². The number of nitrogen functional groups attached to an aromatic ring is 1. The molecule has 0 saturated carbocycles. The molecule has 2 unspecified atom stereocenters. The molecule has 2 atom stereocenters. The lowest BCUT2D eigenvalue weighted by Crippen LogP contribution is -2.47. The first-order valence-corrected chi connectivity index (χ1v) is 6.55. The van der Waals surface area contributed by atoms with Crippen molar-refractivity contribution in [2.24, 2.45) is 5.84 Å². The van der Waals surface area contributed by atoms with Gasteiger partial charge in [0.25, 0.3) is 5.91 Å². The number of hydrogen-bond acceptors (Lipinski definition) is 5. The van der Waals surface area contributed by atoms with Crippen LogP contribution in [0.15, 0.2) is 18.2 Å². The van der Waals surface area contributed by atoms with Gasteiger partial charge in [0.1, 0.15) is 11.5 Å². The van der Waals surface area contributed by atoms with Crippen molar-refractivity contribution in [3.8, 4) is 0 Å². The van der Waals surface area contributed by atoms with Crippen LogP contribution < -0.4 is 16.6 Å². The molecule has 1 fully saturated rings. The molecule has 0 spiro atoms. The zero-order chi connectivity index (χ0) is 13.8. The number of nitrogens with one attached hydrogen (secondary N) is 2. The number of amides is 1. The summed E-state index contributed by atoms with van der Waals surface area (Å²) in [5.74, 6) is 5.64. The van der Waals surface area contributed by atoms with Crippen molar-refractivity contribution < 1.29 is 4.79 Å². The number of likely N-dealkylation sites (tertiary alicyclic amines) is 1. The van der Waals surface area contributed by atoms with Crippen LogP contribution >= 0.6 is 0 Å². The second-order valence-electron chi connectivity index (χ2n) is 5.08. The molecular weight excluding hydrogens is 242 g/mol. The van der Waals surface area contributed by atoms with Crippen LogP contribution in [0.1, 0.15) is 30.3 Å². The Morgan fingerprint density at radius 3 is 3.00 bits per heavy atom. The number of hydrazine groups is 1. The highest BCUT2D eigenvalue weighted by atomic mass is 16.1. The highest BCUT2D eigenvalue weighted by Crippen LogP contribution is 2.15. The van der Waals surface area contributed by atoms with E-state index in [0.29, 0.717) is 17.6 Å². The number of pyridine rings is 1. The molecular formula is C13H21N5O. The number of aromatic nitrogens is 1. The summed E-state index contributed by atoms with van der Waals surface area (Å²) in [5.41, 5.74) is 2.83. The minimum atomic E-state index is -0.140. The molecule has 0 aliphatic carbocycles. The SMILES string of the molecule is CC1CC(NC(=O)c2cccc(NN)n2)CCN1C. The minimum absolute atomic E-state index is 0.140. The van der Waals surface area contributed by atoms with Crippen molar-refractivity contribution in [3.05, 3.63) is 23.9 Å². The second kappa shape index (κ2) is 5.99. The fourth-order valence-electron chi connectivity index (χ4n) is 2.32. The van der Waals surface area contributed by atoms with Crippen LogP contribution in [0, 0.1) is 0 Å². The zero-order valence-corrected chi connectivity index (χ0v) is 11.4. The van der Waals surface area contributed by atoms with Gasteiger partial charge in [0, 0.05) is 18.6 Å². The molecule has 0 aromatic carbocycles. The number of carbonyl (C=O) groups is 1. The van der Waals surface area contributed by atoms with Crippen molar-refractivity contribution >= 4 is 11.7 Å². The average molecular weight is 263 g/mol. The smallest absolute Gasteiger partial charge is 0.270 e. The lowest BCUT2D eigenvalue weighted by atomic mass is 9.99. The molecule has 1 amide bonds. The van der Waals surface area contributed by atoms with E-state index in [-0.39, 0.29) is 11.9 Å². The van der Waals surface area contributed by atoms with Crippen LogP contribution in [-0.4, -0.2) is 41.5 Å². The first-order chi connectivity index (χ1) is 9.10. The average Bonchev–Trinajstić information content (AvgIpc) is 2.43. The number of piperidine rings is 1. The maximum Gasteiger partial charge on any atom is 0.270 e. The van der Waals surface area contributed by atoms with Crippen molar-refractivity contribution in [2.45, 2.75) is 31.8 Å². The molecule has 4 N–H and O–H groups in total. The maximum absolute atomic E-state index is 12.1. The maximum atomic E-state index is 12.1. The van der Waals surface area contributed by atoms with E-state index >= 15 is 0 Å². The normalized spacial score (nSPS) is 23.9. The summed E-state index contributed by atoms with van der Waals surface area (Å²) in [6.07, 6.45) is 1.94. The number of anilines is 1. The Bertz CT molecular complexity index is 450. The van der Waals surface area contributed by atoms with Gasteiger partial charge in [-0.3, -0.25) is 4.79 Å². The third-order valence-corrected chi connectivity index (χ3v) is 3.67. The molecule has 1 aromatic heterocycles. The van der Waals surface area contributed by atoms with E-state index < -0.39 is 0 Å². The summed E-state index contributed by atoms with van der Waals surface area (Å²) < 4.78 is 0. The van der Waals surface area contributed by atoms with Crippen molar-refractivity contribution in [3.63, 3.8) is 0 Å². The lowest BCUT2D eigenvalue weighted by molar-refractivity contribution is 0.0891. The Morgan fingerprint density at radius 2 is 2.32 bits per heavy atom. The first kappa shape index (κ1) is 13.8. The number of carbonyl (C=O) groups excluding carboxylic acids is 1. The van der Waals surface area contributed by atoms with Crippen LogP contribution in [0.5, 0.6) is 0 Å². The molecule has 19 heavy (non-hydrogen) atoms. The first-order valence-electron chi connectivity index (χ1n) is 6.55. The topological polar surface area (TPSA) is 83.3 Å². The predicted octanol–water partition coefficient (Wildman–Crippen LogP) is 0.580. The Hall–Kier alpha value is -1.66. The Kier molecular flexibility index (Phi) is 4.34. The van der Waals surface area contributed by atoms with Gasteiger partial charge in [-0.05, 0) is 38.9 Å². The third-order valence-electron chi connectivity index (χ3n) is 3.67. The van der Waals surface area contributed by atoms with Gasteiger partial charge >= 0.3 is 0 Å². The van der Waals surface area contributed by atoms with Crippen LogP contribution in [0.25, 0.3) is 0 Å². The summed E-state index contributed by atoms with van der Waals surface area (Å²) in [5, 5.41) is 3.04. The molecule has 1 aromatic rings. The van der Waals surface area contributed by atoms with Crippen molar-refractivity contribution in [1.29, 1.82) is 0 Å². The van der Waals surface area contributed by atoms with E-state index in [0.717, 1.165) is 19.4 Å². The zero-order valence-electron chi connectivity index (χ0n) is 11.4. The van der Waals surface area contributed by atoms with Crippen molar-refractivity contribution in [1.82, 2.24) is 15.2 Å². The molecule has 1 aliphatic heterocycles. The second-order valence-corrected chi connectivity index (χ2v) is 5.08. The highest BCUT2D eigenvalue weighted by molar-refractivity contribution is 5.92. The fraction of sp³-hybridized carbons (Fsp3) is 0.538. The largest absolute Gasteiger partial charge is 0.348 e. The van der Waals surface area contributed by atoms with Gasteiger partial charge in [-0.25, -0.2) is 10.8 Å². The van der Waals surface area contributed by atoms with Gasteiger partial charge in [0.05, 0.1) is 0 Å².